The molecular weight excluding hydrogens is 348 g/mol. The highest BCUT2D eigenvalue weighted by atomic mass is 32.2. The highest BCUT2D eigenvalue weighted by Gasteiger charge is 2.16. The van der Waals surface area contributed by atoms with Gasteiger partial charge in [0, 0.05) is 0 Å². The lowest BCUT2D eigenvalue weighted by molar-refractivity contribution is 0.600. The fourth-order valence-corrected chi connectivity index (χ4v) is 3.68. The summed E-state index contributed by atoms with van der Waals surface area (Å²) in [5.41, 5.74) is 2.47. The zero-order chi connectivity index (χ0) is 18.6. The van der Waals surface area contributed by atoms with Crippen LogP contribution >= 0.6 is 0 Å². The standard InChI is InChI=1S/C19H16N4O2S/c1-14-6-2-5-9-18(14)26(24,25)23-19-11-10-16(13-21-19)22-17-8-4-3-7-15(17)12-20/h2-11,13,22H,1H3,(H,21,23). The number of para-hydroxylation sites is 1. The van der Waals surface area contributed by atoms with Crippen molar-refractivity contribution >= 4 is 27.2 Å². The Morgan fingerprint density at radius 1 is 1.00 bits per heavy atom. The Kier molecular flexibility index (Phi) is 4.87. The summed E-state index contributed by atoms with van der Waals surface area (Å²) in [5, 5.41) is 12.2. The molecule has 6 nitrogen and oxygen atoms in total. The van der Waals surface area contributed by atoms with E-state index in [1.807, 2.05) is 6.07 Å². The summed E-state index contributed by atoms with van der Waals surface area (Å²) >= 11 is 0. The lowest BCUT2D eigenvalue weighted by Crippen LogP contribution is -2.15. The maximum atomic E-state index is 12.5. The number of nitrogens with zero attached hydrogens (tertiary/aromatic N) is 2. The molecule has 26 heavy (non-hydrogen) atoms. The largest absolute Gasteiger partial charge is 0.353 e. The number of nitrogens with one attached hydrogen (secondary N) is 2. The number of aromatic nitrogens is 1. The Morgan fingerprint density at radius 3 is 2.42 bits per heavy atom. The molecule has 0 saturated carbocycles. The van der Waals surface area contributed by atoms with Crippen molar-refractivity contribution in [3.05, 3.63) is 78.0 Å². The van der Waals surface area contributed by atoms with Crippen molar-refractivity contribution in [3.63, 3.8) is 0 Å². The van der Waals surface area contributed by atoms with Crippen LogP contribution in [0.2, 0.25) is 0 Å². The molecule has 0 atom stereocenters. The zero-order valence-corrected chi connectivity index (χ0v) is 14.8. The van der Waals surface area contributed by atoms with Crippen molar-refractivity contribution in [2.45, 2.75) is 11.8 Å². The first-order valence-electron chi connectivity index (χ1n) is 7.80. The van der Waals surface area contributed by atoms with Crippen LogP contribution in [0.4, 0.5) is 17.2 Å². The Bertz CT molecular complexity index is 1070. The second-order valence-electron chi connectivity index (χ2n) is 5.59. The summed E-state index contributed by atoms with van der Waals surface area (Å²) in [6.07, 6.45) is 1.50. The maximum Gasteiger partial charge on any atom is 0.263 e. The highest BCUT2D eigenvalue weighted by Crippen LogP contribution is 2.22. The molecule has 3 aromatic rings. The van der Waals surface area contributed by atoms with Crippen LogP contribution in [0.5, 0.6) is 0 Å². The third kappa shape index (κ3) is 3.82. The van der Waals surface area contributed by atoms with Gasteiger partial charge in [-0.05, 0) is 42.8 Å². The number of anilines is 3. The van der Waals surface area contributed by atoms with E-state index >= 15 is 0 Å². The second-order valence-corrected chi connectivity index (χ2v) is 7.24. The number of rotatable bonds is 5. The lowest BCUT2D eigenvalue weighted by Gasteiger charge is -2.11. The first kappa shape index (κ1) is 17.5. The van der Waals surface area contributed by atoms with Gasteiger partial charge >= 0.3 is 0 Å². The van der Waals surface area contributed by atoms with Gasteiger partial charge < -0.3 is 5.32 Å². The van der Waals surface area contributed by atoms with Gasteiger partial charge in [-0.2, -0.15) is 5.26 Å². The third-order valence-corrected chi connectivity index (χ3v) is 5.23. The van der Waals surface area contributed by atoms with Gasteiger partial charge in [-0.3, -0.25) is 4.72 Å². The van der Waals surface area contributed by atoms with Crippen molar-refractivity contribution in [1.82, 2.24) is 4.98 Å². The average molecular weight is 364 g/mol. The summed E-state index contributed by atoms with van der Waals surface area (Å²) in [6.45, 7) is 1.74. The molecule has 1 aromatic heterocycles. The maximum absolute atomic E-state index is 12.5. The number of nitriles is 1. The third-order valence-electron chi connectivity index (χ3n) is 3.71. The van der Waals surface area contributed by atoms with Gasteiger partial charge in [-0.15, -0.1) is 0 Å². The van der Waals surface area contributed by atoms with Gasteiger partial charge in [0.05, 0.1) is 28.0 Å². The highest BCUT2D eigenvalue weighted by molar-refractivity contribution is 7.92. The predicted molar refractivity (Wildman–Crippen MR) is 101 cm³/mol. The van der Waals surface area contributed by atoms with E-state index in [2.05, 4.69) is 21.1 Å². The van der Waals surface area contributed by atoms with E-state index in [1.54, 1.807) is 61.5 Å². The first-order chi connectivity index (χ1) is 12.5. The molecule has 0 spiro atoms. The average Bonchev–Trinajstić information content (AvgIpc) is 2.64. The zero-order valence-electron chi connectivity index (χ0n) is 14.0. The molecule has 0 fully saturated rings. The summed E-state index contributed by atoms with van der Waals surface area (Å²) in [6, 6.07) is 19.2. The number of benzene rings is 2. The molecule has 0 unspecified atom stereocenters. The van der Waals surface area contributed by atoms with E-state index in [0.29, 0.717) is 22.5 Å². The monoisotopic (exact) mass is 364 g/mol. The van der Waals surface area contributed by atoms with Crippen LogP contribution in [0.25, 0.3) is 0 Å². The Morgan fingerprint density at radius 2 is 1.73 bits per heavy atom. The molecule has 3 rings (SSSR count). The molecule has 0 aliphatic rings. The van der Waals surface area contributed by atoms with Crippen LogP contribution in [0.15, 0.2) is 71.8 Å². The fourth-order valence-electron chi connectivity index (χ4n) is 2.42. The molecule has 0 aliphatic heterocycles. The normalized spacial score (nSPS) is 10.8. The molecule has 0 radical (unpaired) electrons. The number of hydrogen-bond donors (Lipinski definition) is 2. The smallest absolute Gasteiger partial charge is 0.263 e. The number of aryl methyl sites for hydroxylation is 1. The van der Waals surface area contributed by atoms with Crippen LogP contribution < -0.4 is 10.0 Å². The van der Waals surface area contributed by atoms with E-state index in [9.17, 15) is 8.42 Å². The van der Waals surface area contributed by atoms with Gasteiger partial charge in [0.25, 0.3) is 10.0 Å². The van der Waals surface area contributed by atoms with Crippen molar-refractivity contribution in [2.75, 3.05) is 10.0 Å². The van der Waals surface area contributed by atoms with Gasteiger partial charge in [0.15, 0.2) is 0 Å². The predicted octanol–water partition coefficient (Wildman–Crippen LogP) is 3.81. The van der Waals surface area contributed by atoms with E-state index in [4.69, 9.17) is 5.26 Å². The fraction of sp³-hybridized carbons (Fsp3) is 0.0526. The SMILES string of the molecule is Cc1ccccc1S(=O)(=O)Nc1ccc(Nc2ccccc2C#N)cn1. The lowest BCUT2D eigenvalue weighted by atomic mass is 10.2. The number of pyridine rings is 1. The molecule has 0 aliphatic carbocycles. The van der Waals surface area contributed by atoms with E-state index in [0.717, 1.165) is 0 Å². The van der Waals surface area contributed by atoms with Gasteiger partial charge in [0.1, 0.15) is 11.9 Å². The van der Waals surface area contributed by atoms with Crippen LogP contribution in [0.1, 0.15) is 11.1 Å². The van der Waals surface area contributed by atoms with Crippen LogP contribution in [-0.4, -0.2) is 13.4 Å². The van der Waals surface area contributed by atoms with Gasteiger partial charge in [0.2, 0.25) is 0 Å². The number of hydrogen-bond acceptors (Lipinski definition) is 5. The first-order valence-corrected chi connectivity index (χ1v) is 9.28. The number of sulfonamides is 1. The summed E-state index contributed by atoms with van der Waals surface area (Å²) in [5.74, 6) is 0.215. The molecule has 1 heterocycles. The van der Waals surface area contributed by atoms with Crippen molar-refractivity contribution < 1.29 is 8.42 Å². The second kappa shape index (κ2) is 7.25. The van der Waals surface area contributed by atoms with Gasteiger partial charge in [-0.25, -0.2) is 13.4 Å². The molecule has 0 amide bonds. The Labute approximate surface area is 152 Å². The molecule has 2 aromatic carbocycles. The van der Waals surface area contributed by atoms with E-state index in [-0.39, 0.29) is 10.7 Å². The molecule has 2 N–H and O–H groups in total. The van der Waals surface area contributed by atoms with Crippen LogP contribution in [-0.2, 0) is 10.0 Å². The quantitative estimate of drug-likeness (QED) is 0.718. The molecule has 0 saturated heterocycles. The summed E-state index contributed by atoms with van der Waals surface area (Å²) < 4.78 is 27.4. The molecule has 0 bridgehead atoms. The van der Waals surface area contributed by atoms with Gasteiger partial charge in [-0.1, -0.05) is 30.3 Å². The molecule has 130 valence electrons. The summed E-state index contributed by atoms with van der Waals surface area (Å²) in [7, 11) is -3.70. The minimum Gasteiger partial charge on any atom is -0.353 e. The minimum atomic E-state index is -3.70. The Balaban J connectivity index is 1.78. The van der Waals surface area contributed by atoms with E-state index < -0.39 is 10.0 Å². The van der Waals surface area contributed by atoms with Crippen LogP contribution in [0, 0.1) is 18.3 Å². The summed E-state index contributed by atoms with van der Waals surface area (Å²) in [4.78, 5) is 4.35. The van der Waals surface area contributed by atoms with Crippen LogP contribution in [0.3, 0.4) is 0 Å². The Hall–Kier alpha value is -3.37. The topological polar surface area (TPSA) is 94.9 Å². The molecule has 7 heteroatoms. The minimum absolute atomic E-state index is 0.215. The van der Waals surface area contributed by atoms with Crippen molar-refractivity contribution in [2.24, 2.45) is 0 Å². The van der Waals surface area contributed by atoms with Crippen molar-refractivity contribution in [1.29, 1.82) is 5.26 Å². The van der Waals surface area contributed by atoms with E-state index in [1.165, 1.54) is 6.20 Å². The van der Waals surface area contributed by atoms with Crippen molar-refractivity contribution in [3.8, 4) is 6.07 Å². The molecular formula is C19H16N4O2S.